The normalized spacial score (nSPS) is 22.4. The molecule has 0 radical (unpaired) electrons. The number of carbonyl (C=O) groups is 1. The van der Waals surface area contributed by atoms with Crippen molar-refractivity contribution in [1.82, 2.24) is 0 Å². The lowest BCUT2D eigenvalue weighted by atomic mass is 10.1. The van der Waals surface area contributed by atoms with Crippen molar-refractivity contribution in [2.45, 2.75) is 37.1 Å². The van der Waals surface area contributed by atoms with E-state index in [0.29, 0.717) is 13.0 Å². The zero-order valence-corrected chi connectivity index (χ0v) is 14.7. The summed E-state index contributed by atoms with van der Waals surface area (Å²) in [4.78, 5) is 11.9. The number of rotatable bonds is 9. The molecule has 1 fully saturated rings. The summed E-state index contributed by atoms with van der Waals surface area (Å²) in [5, 5.41) is -1.20. The molecule has 1 heterocycles. The van der Waals surface area contributed by atoms with Gasteiger partial charge in [0.15, 0.2) is 22.6 Å². The van der Waals surface area contributed by atoms with Gasteiger partial charge in [0.1, 0.15) is 6.61 Å². The van der Waals surface area contributed by atoms with Gasteiger partial charge in [-0.05, 0) is 11.1 Å². The molecule has 0 spiro atoms. The van der Waals surface area contributed by atoms with Crippen LogP contribution >= 0.6 is 0 Å². The van der Waals surface area contributed by atoms with E-state index >= 15 is 0 Å². The summed E-state index contributed by atoms with van der Waals surface area (Å²) < 4.78 is 37.1. The minimum atomic E-state index is -2.36. The quantitative estimate of drug-likeness (QED) is 0.411. The highest BCUT2D eigenvalue weighted by Gasteiger charge is 2.36. The van der Waals surface area contributed by atoms with Crippen LogP contribution in [0.15, 0.2) is 55.1 Å². The van der Waals surface area contributed by atoms with Crippen LogP contribution in [0.1, 0.15) is 18.4 Å². The van der Waals surface area contributed by atoms with Gasteiger partial charge in [0, 0.05) is 12.8 Å². The highest BCUT2D eigenvalue weighted by Crippen LogP contribution is 2.30. The molecule has 1 saturated heterocycles. The molecule has 1 aromatic carbocycles. The van der Waals surface area contributed by atoms with Crippen molar-refractivity contribution >= 4 is 17.0 Å². The molecule has 0 saturated carbocycles. The molecular weight excluding hydrogens is 344 g/mol. The Bertz CT molecular complexity index is 630. The Labute approximate surface area is 149 Å². The smallest absolute Gasteiger partial charge is 0.324 e. The Kier molecular flexibility index (Phi) is 7.52. The third-order valence-corrected chi connectivity index (χ3v) is 4.63. The maximum Gasteiger partial charge on any atom is 0.324 e. The van der Waals surface area contributed by atoms with Crippen LogP contribution in [0.3, 0.4) is 0 Å². The van der Waals surface area contributed by atoms with E-state index in [1.165, 1.54) is 6.08 Å². The molecule has 0 amide bonds. The van der Waals surface area contributed by atoms with E-state index in [0.717, 1.165) is 11.1 Å². The van der Waals surface area contributed by atoms with E-state index < -0.39 is 34.7 Å². The van der Waals surface area contributed by atoms with Crippen LogP contribution in [0.25, 0.3) is 0 Å². The fourth-order valence-corrected chi connectivity index (χ4v) is 3.02. The highest BCUT2D eigenvalue weighted by molar-refractivity contribution is 7.80. The predicted octanol–water partition coefficient (Wildman–Crippen LogP) is 2.58. The Morgan fingerprint density at radius 2 is 2.16 bits per heavy atom. The monoisotopic (exact) mass is 366 g/mol. The van der Waals surface area contributed by atoms with Crippen LogP contribution in [0.2, 0.25) is 0 Å². The molecular formula is C18H22O6S. The Balaban J connectivity index is 1.88. The number of hydrogen-bond acceptors (Lipinski definition) is 5. The van der Waals surface area contributed by atoms with Crippen LogP contribution < -0.4 is 0 Å². The van der Waals surface area contributed by atoms with Crippen LogP contribution in [0.5, 0.6) is 0 Å². The molecule has 0 aliphatic carbocycles. The zero-order chi connectivity index (χ0) is 18.2. The molecule has 1 aliphatic rings. The van der Waals surface area contributed by atoms with Crippen molar-refractivity contribution in [3.63, 3.8) is 0 Å². The van der Waals surface area contributed by atoms with E-state index in [4.69, 9.17) is 14.2 Å². The van der Waals surface area contributed by atoms with Gasteiger partial charge in [-0.25, -0.2) is 4.21 Å². The largest absolute Gasteiger partial charge is 0.461 e. The molecule has 136 valence electrons. The van der Waals surface area contributed by atoms with Crippen LogP contribution in [-0.4, -0.2) is 39.0 Å². The molecule has 1 N–H and O–H groups in total. The summed E-state index contributed by atoms with van der Waals surface area (Å²) in [6.07, 6.45) is 0.869. The molecule has 0 bridgehead atoms. The summed E-state index contributed by atoms with van der Waals surface area (Å²) in [5.41, 5.74) is 1.74. The molecule has 25 heavy (non-hydrogen) atoms. The van der Waals surface area contributed by atoms with Gasteiger partial charge in [0.2, 0.25) is 0 Å². The fourth-order valence-electron chi connectivity index (χ4n) is 2.45. The maximum absolute atomic E-state index is 11.9. The minimum Gasteiger partial charge on any atom is -0.461 e. The van der Waals surface area contributed by atoms with E-state index in [9.17, 15) is 13.6 Å². The van der Waals surface area contributed by atoms with Gasteiger partial charge in [-0.1, -0.05) is 49.6 Å². The predicted molar refractivity (Wildman–Crippen MR) is 94.0 cm³/mol. The summed E-state index contributed by atoms with van der Waals surface area (Å²) >= 11 is -2.36. The highest BCUT2D eigenvalue weighted by atomic mass is 32.2. The molecule has 7 heteroatoms. The van der Waals surface area contributed by atoms with E-state index in [1.54, 1.807) is 0 Å². The van der Waals surface area contributed by atoms with Gasteiger partial charge in [0.05, 0.1) is 12.7 Å². The van der Waals surface area contributed by atoms with E-state index in [-0.39, 0.29) is 13.0 Å². The third kappa shape index (κ3) is 5.89. The number of benzene rings is 1. The van der Waals surface area contributed by atoms with Crippen molar-refractivity contribution in [3.05, 3.63) is 60.7 Å². The third-order valence-electron chi connectivity index (χ3n) is 3.76. The van der Waals surface area contributed by atoms with Gasteiger partial charge in [-0.2, -0.15) is 0 Å². The average molecular weight is 366 g/mol. The Morgan fingerprint density at radius 1 is 1.44 bits per heavy atom. The lowest BCUT2D eigenvalue weighted by Gasteiger charge is -2.18. The second-order valence-electron chi connectivity index (χ2n) is 5.63. The minimum absolute atomic E-state index is 0.0121. The SMILES string of the molecule is C=CCOC(=O)C(CC1OC(OCc2ccccc2)CC1=C)S(=O)O. The number of ether oxygens (including phenoxy) is 3. The first-order valence-electron chi connectivity index (χ1n) is 7.87. The van der Waals surface area contributed by atoms with Crippen LogP contribution in [0, 0.1) is 0 Å². The molecule has 6 nitrogen and oxygen atoms in total. The molecule has 0 aromatic heterocycles. The zero-order valence-electron chi connectivity index (χ0n) is 13.8. The summed E-state index contributed by atoms with van der Waals surface area (Å²) in [5.74, 6) is -0.759. The van der Waals surface area contributed by atoms with Crippen LogP contribution in [0.4, 0.5) is 0 Å². The molecule has 4 unspecified atom stereocenters. The molecule has 1 aliphatic heterocycles. The molecule has 4 atom stereocenters. The van der Waals surface area contributed by atoms with Gasteiger partial charge < -0.3 is 18.8 Å². The number of hydrogen-bond donors (Lipinski definition) is 1. The first-order valence-corrected chi connectivity index (χ1v) is 9.04. The lowest BCUT2D eigenvalue weighted by molar-refractivity contribution is -0.149. The van der Waals surface area contributed by atoms with Crippen molar-refractivity contribution in [1.29, 1.82) is 0 Å². The van der Waals surface area contributed by atoms with Gasteiger partial charge in [-0.15, -0.1) is 0 Å². The van der Waals surface area contributed by atoms with Crippen LogP contribution in [-0.2, 0) is 36.7 Å². The van der Waals surface area contributed by atoms with Crippen molar-refractivity contribution in [2.24, 2.45) is 0 Å². The fraction of sp³-hybridized carbons (Fsp3) is 0.389. The topological polar surface area (TPSA) is 82.1 Å². The average Bonchev–Trinajstić information content (AvgIpc) is 2.96. The first kappa shape index (κ1) is 19.5. The lowest BCUT2D eigenvalue weighted by Crippen LogP contribution is -2.32. The second kappa shape index (κ2) is 9.62. The van der Waals surface area contributed by atoms with E-state index in [2.05, 4.69) is 13.2 Å². The molecule has 1 aromatic rings. The number of carbonyl (C=O) groups excluding carboxylic acids is 1. The summed E-state index contributed by atoms with van der Waals surface area (Å²) in [6, 6.07) is 9.66. The number of esters is 1. The maximum atomic E-state index is 11.9. The van der Waals surface area contributed by atoms with E-state index in [1.807, 2.05) is 30.3 Å². The van der Waals surface area contributed by atoms with Gasteiger partial charge >= 0.3 is 5.97 Å². The summed E-state index contributed by atoms with van der Waals surface area (Å²) in [6.45, 7) is 7.74. The summed E-state index contributed by atoms with van der Waals surface area (Å²) in [7, 11) is 0. The Morgan fingerprint density at radius 3 is 2.80 bits per heavy atom. The van der Waals surface area contributed by atoms with Gasteiger partial charge in [-0.3, -0.25) is 4.79 Å². The molecule has 2 rings (SSSR count). The first-order chi connectivity index (χ1) is 12.0. The van der Waals surface area contributed by atoms with Crippen molar-refractivity contribution < 1.29 is 27.8 Å². The Hall–Kier alpha value is -1.80. The second-order valence-corrected chi connectivity index (χ2v) is 6.75. The standard InChI is InChI=1S/C18H22O6S/c1-3-9-22-18(19)16(25(20)21)11-15-13(2)10-17(24-15)23-12-14-7-5-4-6-8-14/h3-8,15-17H,1-2,9-12H2,(H,20,21). The van der Waals surface area contributed by atoms with Gasteiger partial charge in [0.25, 0.3) is 0 Å². The van der Waals surface area contributed by atoms with Crippen molar-refractivity contribution in [3.8, 4) is 0 Å². The van der Waals surface area contributed by atoms with Crippen molar-refractivity contribution in [2.75, 3.05) is 6.61 Å².